The fourth-order valence-electron chi connectivity index (χ4n) is 2.47. The Morgan fingerprint density at radius 2 is 1.80 bits per heavy atom. The molecule has 1 fully saturated rings. The molecule has 1 saturated heterocycles. The van der Waals surface area contributed by atoms with Crippen LogP contribution in [0.15, 0.2) is 53.5 Å². The van der Waals surface area contributed by atoms with Gasteiger partial charge in [-0.1, -0.05) is 30.4 Å². The number of allylic oxidation sites excluding steroid dienone is 3. The summed E-state index contributed by atoms with van der Waals surface area (Å²) in [5, 5.41) is 11.1. The lowest BCUT2D eigenvalue weighted by Gasteiger charge is -2.33. The smallest absolute Gasteiger partial charge is 0.289 e. The third kappa shape index (κ3) is 4.31. The molecule has 1 aromatic carbocycles. The van der Waals surface area contributed by atoms with Crippen molar-refractivity contribution in [3.05, 3.63) is 58.7 Å². The molecule has 0 saturated carbocycles. The van der Waals surface area contributed by atoms with Crippen molar-refractivity contribution >= 4 is 21.6 Å². The van der Waals surface area contributed by atoms with Crippen LogP contribution in [0.2, 0.25) is 0 Å². The molecule has 2 rings (SSSR count). The first kappa shape index (κ1) is 18.8. The van der Waals surface area contributed by atoms with E-state index in [0.29, 0.717) is 0 Å². The Balaban J connectivity index is 2.12. The van der Waals surface area contributed by atoms with E-state index in [2.05, 4.69) is 0 Å². The van der Waals surface area contributed by atoms with Crippen molar-refractivity contribution in [1.82, 2.24) is 9.21 Å². The number of amides is 1. The summed E-state index contributed by atoms with van der Waals surface area (Å²) in [4.78, 5) is 23.6. The van der Waals surface area contributed by atoms with Crippen LogP contribution in [0.1, 0.15) is 6.92 Å². The van der Waals surface area contributed by atoms with Crippen LogP contribution in [0.4, 0.5) is 5.69 Å². The van der Waals surface area contributed by atoms with Crippen molar-refractivity contribution in [1.29, 1.82) is 0 Å². The number of carbonyl (C=O) groups is 1. The number of hydrogen-bond acceptors (Lipinski definition) is 5. The lowest BCUT2D eigenvalue weighted by atomic mass is 10.3. The van der Waals surface area contributed by atoms with Gasteiger partial charge in [-0.2, -0.15) is 4.31 Å². The summed E-state index contributed by atoms with van der Waals surface area (Å²) in [5.41, 5.74) is -0.449. The summed E-state index contributed by atoms with van der Waals surface area (Å²) in [6.45, 7) is 2.49. The number of nitro groups is 1. The molecule has 134 valence electrons. The molecular weight excluding hydrogens is 346 g/mol. The number of rotatable bonds is 5. The van der Waals surface area contributed by atoms with E-state index >= 15 is 0 Å². The Labute approximate surface area is 146 Å². The monoisotopic (exact) mass is 365 g/mol. The lowest BCUT2D eigenvalue weighted by Crippen LogP contribution is -2.50. The van der Waals surface area contributed by atoms with Crippen LogP contribution in [0, 0.1) is 10.1 Å². The minimum absolute atomic E-state index is 0.0948. The van der Waals surface area contributed by atoms with E-state index in [9.17, 15) is 23.3 Å². The molecule has 0 unspecified atom stereocenters. The van der Waals surface area contributed by atoms with E-state index in [1.165, 1.54) is 34.6 Å². The number of carbonyl (C=O) groups excluding carboxylic acids is 1. The molecule has 0 N–H and O–H groups in total. The van der Waals surface area contributed by atoms with Gasteiger partial charge in [0.05, 0.1) is 4.92 Å². The number of sulfonamides is 1. The Kier molecular flexibility index (Phi) is 6.05. The van der Waals surface area contributed by atoms with Gasteiger partial charge in [-0.15, -0.1) is 0 Å². The van der Waals surface area contributed by atoms with Crippen molar-refractivity contribution in [2.24, 2.45) is 0 Å². The SMILES string of the molecule is CC=CC=CC(=O)N1CCN(S(=O)(=O)c2ccccc2[N+](=O)[O-])CC1. The molecule has 8 nitrogen and oxygen atoms in total. The Bertz CT molecular complexity index is 809. The van der Waals surface area contributed by atoms with Crippen molar-refractivity contribution in [2.45, 2.75) is 11.8 Å². The van der Waals surface area contributed by atoms with Crippen molar-refractivity contribution in [3.8, 4) is 0 Å². The van der Waals surface area contributed by atoms with Gasteiger partial charge in [-0.05, 0) is 13.0 Å². The van der Waals surface area contributed by atoms with Crippen molar-refractivity contribution in [2.75, 3.05) is 26.2 Å². The van der Waals surface area contributed by atoms with Gasteiger partial charge in [-0.3, -0.25) is 14.9 Å². The van der Waals surface area contributed by atoms with E-state index in [1.54, 1.807) is 23.1 Å². The van der Waals surface area contributed by atoms with Crippen LogP contribution in [0.5, 0.6) is 0 Å². The van der Waals surface area contributed by atoms with Gasteiger partial charge < -0.3 is 4.90 Å². The number of hydrogen-bond donors (Lipinski definition) is 0. The highest BCUT2D eigenvalue weighted by Crippen LogP contribution is 2.26. The molecule has 1 aliphatic heterocycles. The summed E-state index contributed by atoms with van der Waals surface area (Å²) < 4.78 is 26.6. The van der Waals surface area contributed by atoms with Crippen LogP contribution in [-0.2, 0) is 14.8 Å². The zero-order valence-electron chi connectivity index (χ0n) is 13.7. The lowest BCUT2D eigenvalue weighted by molar-refractivity contribution is -0.387. The Hall–Kier alpha value is -2.52. The third-order valence-corrected chi connectivity index (χ3v) is 5.72. The molecule has 1 amide bonds. The zero-order valence-corrected chi connectivity index (χ0v) is 14.6. The molecule has 0 aliphatic carbocycles. The maximum absolute atomic E-state index is 12.7. The van der Waals surface area contributed by atoms with E-state index in [4.69, 9.17) is 0 Å². The molecule has 1 heterocycles. The minimum Gasteiger partial charge on any atom is -0.337 e. The Morgan fingerprint density at radius 3 is 2.40 bits per heavy atom. The number of nitro benzene ring substituents is 1. The molecule has 0 radical (unpaired) electrons. The highest BCUT2D eigenvalue weighted by Gasteiger charge is 2.33. The fourth-order valence-corrected chi connectivity index (χ4v) is 4.05. The number of nitrogens with zero attached hydrogens (tertiary/aromatic N) is 3. The predicted octanol–water partition coefficient (Wildman–Crippen LogP) is 1.56. The predicted molar refractivity (Wildman–Crippen MR) is 92.4 cm³/mol. The number of piperazine rings is 1. The first-order valence-corrected chi connectivity index (χ1v) is 9.13. The maximum Gasteiger partial charge on any atom is 0.289 e. The summed E-state index contributed by atoms with van der Waals surface area (Å²) in [5.74, 6) is -0.194. The van der Waals surface area contributed by atoms with Gasteiger partial charge in [0.25, 0.3) is 5.69 Å². The largest absolute Gasteiger partial charge is 0.337 e. The molecule has 0 spiro atoms. The third-order valence-electron chi connectivity index (χ3n) is 3.77. The number of para-hydroxylation sites is 1. The fraction of sp³-hybridized carbons (Fsp3) is 0.312. The van der Waals surface area contributed by atoms with E-state index in [1.807, 2.05) is 6.92 Å². The first-order valence-electron chi connectivity index (χ1n) is 7.69. The van der Waals surface area contributed by atoms with Crippen LogP contribution in [0.3, 0.4) is 0 Å². The first-order chi connectivity index (χ1) is 11.9. The van der Waals surface area contributed by atoms with Crippen LogP contribution < -0.4 is 0 Å². The second kappa shape index (κ2) is 8.04. The second-order valence-corrected chi connectivity index (χ2v) is 7.25. The van der Waals surface area contributed by atoms with Gasteiger partial charge >= 0.3 is 0 Å². The van der Waals surface area contributed by atoms with Crippen LogP contribution in [0.25, 0.3) is 0 Å². The molecule has 25 heavy (non-hydrogen) atoms. The highest BCUT2D eigenvalue weighted by molar-refractivity contribution is 7.89. The zero-order chi connectivity index (χ0) is 18.4. The van der Waals surface area contributed by atoms with Crippen molar-refractivity contribution < 1.29 is 18.1 Å². The quantitative estimate of drug-likeness (QED) is 0.341. The maximum atomic E-state index is 12.7. The van der Waals surface area contributed by atoms with Gasteiger partial charge in [0.1, 0.15) is 0 Å². The topological polar surface area (TPSA) is 101 Å². The molecule has 0 aromatic heterocycles. The second-order valence-electron chi connectivity index (χ2n) is 5.34. The Morgan fingerprint density at radius 1 is 1.16 bits per heavy atom. The van der Waals surface area contributed by atoms with E-state index in [0.717, 1.165) is 0 Å². The minimum atomic E-state index is -3.98. The normalized spacial score (nSPS) is 16.6. The van der Waals surface area contributed by atoms with Crippen molar-refractivity contribution in [3.63, 3.8) is 0 Å². The molecule has 0 atom stereocenters. The molecule has 0 bridgehead atoms. The number of benzene rings is 1. The van der Waals surface area contributed by atoms with E-state index < -0.39 is 20.6 Å². The molecule has 9 heteroatoms. The summed E-state index contributed by atoms with van der Waals surface area (Å²) in [6.07, 6.45) is 6.57. The van der Waals surface area contributed by atoms with Crippen LogP contribution >= 0.6 is 0 Å². The summed E-state index contributed by atoms with van der Waals surface area (Å²) in [7, 11) is -3.98. The average molecular weight is 365 g/mol. The van der Waals surface area contributed by atoms with Gasteiger partial charge in [0.15, 0.2) is 4.90 Å². The standard InChI is InChI=1S/C16H19N3O5S/c1-2-3-4-9-16(20)17-10-12-18(13-11-17)25(23,24)15-8-6-5-7-14(15)19(21)22/h2-9H,10-13H2,1H3. The molecule has 1 aromatic rings. The molecule has 1 aliphatic rings. The molecular formula is C16H19N3O5S. The van der Waals surface area contributed by atoms with Gasteiger partial charge in [-0.25, -0.2) is 8.42 Å². The summed E-state index contributed by atoms with van der Waals surface area (Å²) >= 11 is 0. The van der Waals surface area contributed by atoms with E-state index in [-0.39, 0.29) is 37.0 Å². The highest BCUT2D eigenvalue weighted by atomic mass is 32.2. The van der Waals surface area contributed by atoms with Gasteiger partial charge in [0, 0.05) is 38.3 Å². The average Bonchev–Trinajstić information content (AvgIpc) is 2.62. The summed E-state index contributed by atoms with van der Waals surface area (Å²) in [6, 6.07) is 5.26. The van der Waals surface area contributed by atoms with Gasteiger partial charge in [0.2, 0.25) is 15.9 Å². The van der Waals surface area contributed by atoms with Crippen LogP contribution in [-0.4, -0.2) is 54.6 Å².